The van der Waals surface area contributed by atoms with E-state index >= 15 is 0 Å². The van der Waals surface area contributed by atoms with E-state index in [9.17, 15) is 10.1 Å². The molecule has 1 N–H and O–H groups in total. The Balaban J connectivity index is 2.22. The smallest absolute Gasteiger partial charge is 0.292 e. The van der Waals surface area contributed by atoms with E-state index in [2.05, 4.69) is 10.5 Å². The molecular formula is C12H10N4O3. The number of hydrogen-bond acceptors (Lipinski definition) is 6. The molecule has 0 aliphatic heterocycles. The maximum atomic E-state index is 10.9. The molecule has 1 aromatic carbocycles. The molecule has 2 aromatic rings. The van der Waals surface area contributed by atoms with Crippen molar-refractivity contribution in [2.45, 2.75) is 13.5 Å². The number of hydrogen-bond donors (Lipinski definition) is 1. The van der Waals surface area contributed by atoms with Crippen LogP contribution < -0.4 is 5.32 Å². The van der Waals surface area contributed by atoms with Crippen LogP contribution in [0, 0.1) is 28.4 Å². The predicted molar refractivity (Wildman–Crippen MR) is 66.4 cm³/mol. The van der Waals surface area contributed by atoms with Gasteiger partial charge < -0.3 is 9.84 Å². The van der Waals surface area contributed by atoms with Gasteiger partial charge in [-0.25, -0.2) is 0 Å². The molecule has 7 heteroatoms. The summed E-state index contributed by atoms with van der Waals surface area (Å²) in [5.41, 5.74) is 1.27. The third kappa shape index (κ3) is 2.87. The molecule has 0 fully saturated rings. The third-order valence-corrected chi connectivity index (χ3v) is 2.45. The highest BCUT2D eigenvalue weighted by Crippen LogP contribution is 2.25. The second-order valence-electron chi connectivity index (χ2n) is 3.89. The molecule has 0 aliphatic rings. The van der Waals surface area contributed by atoms with Crippen molar-refractivity contribution in [1.29, 1.82) is 5.26 Å². The average Bonchev–Trinajstić information content (AvgIpc) is 2.81. The zero-order valence-electron chi connectivity index (χ0n) is 10.1. The fraction of sp³-hybridized carbons (Fsp3) is 0.167. The van der Waals surface area contributed by atoms with Crippen molar-refractivity contribution >= 4 is 11.4 Å². The first-order chi connectivity index (χ1) is 9.10. The number of nitrogens with one attached hydrogen (secondary N) is 1. The number of nitro benzene ring substituents is 1. The van der Waals surface area contributed by atoms with Gasteiger partial charge >= 0.3 is 0 Å². The Morgan fingerprint density at radius 2 is 2.32 bits per heavy atom. The van der Waals surface area contributed by atoms with Gasteiger partial charge in [-0.1, -0.05) is 5.16 Å². The van der Waals surface area contributed by atoms with Crippen LogP contribution in [0.1, 0.15) is 17.0 Å². The van der Waals surface area contributed by atoms with Gasteiger partial charge in [0.1, 0.15) is 5.69 Å². The third-order valence-electron chi connectivity index (χ3n) is 2.45. The van der Waals surface area contributed by atoms with Gasteiger partial charge in [-0.05, 0) is 19.1 Å². The van der Waals surface area contributed by atoms with Crippen molar-refractivity contribution in [1.82, 2.24) is 5.16 Å². The molecule has 19 heavy (non-hydrogen) atoms. The van der Waals surface area contributed by atoms with Crippen LogP contribution in [-0.4, -0.2) is 10.1 Å². The number of aryl methyl sites for hydroxylation is 1. The Kier molecular flexibility index (Phi) is 3.43. The molecule has 1 aromatic heterocycles. The number of nitro groups is 1. The lowest BCUT2D eigenvalue weighted by atomic mass is 10.2. The number of nitrogens with zero attached hydrogens (tertiary/aromatic N) is 3. The Labute approximate surface area is 108 Å². The highest BCUT2D eigenvalue weighted by molar-refractivity contribution is 5.64. The summed E-state index contributed by atoms with van der Waals surface area (Å²) in [5, 5.41) is 26.3. The zero-order chi connectivity index (χ0) is 13.8. The van der Waals surface area contributed by atoms with E-state index in [1.165, 1.54) is 18.2 Å². The Bertz CT molecular complexity index is 657. The first-order valence-corrected chi connectivity index (χ1v) is 5.45. The van der Waals surface area contributed by atoms with E-state index in [0.29, 0.717) is 11.3 Å². The maximum absolute atomic E-state index is 10.9. The second kappa shape index (κ2) is 5.18. The molecule has 0 unspecified atom stereocenters. The number of nitriles is 1. The minimum absolute atomic E-state index is 0.0877. The number of benzene rings is 1. The van der Waals surface area contributed by atoms with Gasteiger partial charge in [-0.15, -0.1) is 0 Å². The van der Waals surface area contributed by atoms with Crippen LogP contribution in [0.25, 0.3) is 0 Å². The predicted octanol–water partition coefficient (Wildman–Crippen LogP) is 2.38. The molecule has 96 valence electrons. The molecule has 0 saturated carbocycles. The Hall–Kier alpha value is -2.88. The molecule has 0 bridgehead atoms. The van der Waals surface area contributed by atoms with Crippen molar-refractivity contribution < 1.29 is 9.45 Å². The van der Waals surface area contributed by atoms with Gasteiger partial charge in [0.15, 0.2) is 5.76 Å². The molecular weight excluding hydrogens is 248 g/mol. The highest BCUT2D eigenvalue weighted by atomic mass is 16.6. The largest absolute Gasteiger partial charge is 0.372 e. The minimum atomic E-state index is -0.505. The summed E-state index contributed by atoms with van der Waals surface area (Å²) in [6, 6.07) is 7.80. The summed E-state index contributed by atoms with van der Waals surface area (Å²) < 4.78 is 5.00. The van der Waals surface area contributed by atoms with E-state index in [0.717, 1.165) is 5.69 Å². The lowest BCUT2D eigenvalue weighted by Gasteiger charge is -2.05. The van der Waals surface area contributed by atoms with E-state index in [-0.39, 0.29) is 17.9 Å². The minimum Gasteiger partial charge on any atom is -0.372 e. The fourth-order valence-corrected chi connectivity index (χ4v) is 1.59. The van der Waals surface area contributed by atoms with Crippen molar-refractivity contribution in [2.24, 2.45) is 0 Å². The summed E-state index contributed by atoms with van der Waals surface area (Å²) in [7, 11) is 0. The van der Waals surface area contributed by atoms with Gasteiger partial charge in [0.25, 0.3) is 5.69 Å². The summed E-state index contributed by atoms with van der Waals surface area (Å²) in [6.07, 6.45) is 0. The highest BCUT2D eigenvalue weighted by Gasteiger charge is 2.14. The molecule has 0 atom stereocenters. The van der Waals surface area contributed by atoms with Crippen LogP contribution in [0.5, 0.6) is 0 Å². The van der Waals surface area contributed by atoms with Gasteiger partial charge in [-0.2, -0.15) is 5.26 Å². The number of anilines is 1. The van der Waals surface area contributed by atoms with E-state index in [1.807, 2.05) is 6.07 Å². The quantitative estimate of drug-likeness (QED) is 0.666. The van der Waals surface area contributed by atoms with E-state index < -0.39 is 4.92 Å². The average molecular weight is 258 g/mol. The van der Waals surface area contributed by atoms with Crippen LogP contribution in [-0.2, 0) is 6.54 Å². The molecule has 1 heterocycles. The lowest BCUT2D eigenvalue weighted by molar-refractivity contribution is -0.384. The van der Waals surface area contributed by atoms with Gasteiger partial charge in [0, 0.05) is 12.1 Å². The van der Waals surface area contributed by atoms with Crippen LogP contribution in [0.3, 0.4) is 0 Å². The molecule has 0 aliphatic carbocycles. The lowest BCUT2D eigenvalue weighted by Crippen LogP contribution is -2.02. The van der Waals surface area contributed by atoms with Crippen molar-refractivity contribution in [2.75, 3.05) is 5.32 Å². The SMILES string of the molecule is Cc1cc(CNc2cc(C#N)ccc2[N+](=O)[O-])on1. The molecule has 0 spiro atoms. The molecule has 7 nitrogen and oxygen atoms in total. The number of rotatable bonds is 4. The standard InChI is InChI=1S/C12H10N4O3/c1-8-4-10(19-15-8)7-14-11-5-9(6-13)2-3-12(11)16(17)18/h2-5,14H,7H2,1H3. The van der Waals surface area contributed by atoms with E-state index in [1.54, 1.807) is 13.0 Å². The van der Waals surface area contributed by atoms with Crippen LogP contribution in [0.4, 0.5) is 11.4 Å². The molecule has 0 saturated heterocycles. The summed E-state index contributed by atoms with van der Waals surface area (Å²) in [5.74, 6) is 0.564. The topological polar surface area (TPSA) is 105 Å². The molecule has 0 amide bonds. The van der Waals surface area contributed by atoms with Crippen molar-refractivity contribution in [3.63, 3.8) is 0 Å². The van der Waals surface area contributed by atoms with Crippen LogP contribution in [0.2, 0.25) is 0 Å². The Morgan fingerprint density at radius 3 is 2.89 bits per heavy atom. The van der Waals surface area contributed by atoms with Crippen LogP contribution >= 0.6 is 0 Å². The molecule has 2 rings (SSSR count). The summed E-state index contributed by atoms with van der Waals surface area (Å²) >= 11 is 0. The first-order valence-electron chi connectivity index (χ1n) is 5.45. The second-order valence-corrected chi connectivity index (χ2v) is 3.89. The van der Waals surface area contributed by atoms with E-state index in [4.69, 9.17) is 9.78 Å². The monoisotopic (exact) mass is 258 g/mol. The van der Waals surface area contributed by atoms with Gasteiger partial charge in [0.05, 0.1) is 28.8 Å². The van der Waals surface area contributed by atoms with Gasteiger partial charge in [-0.3, -0.25) is 10.1 Å². The molecule has 0 radical (unpaired) electrons. The summed E-state index contributed by atoms with van der Waals surface area (Å²) in [4.78, 5) is 10.4. The zero-order valence-corrected chi connectivity index (χ0v) is 10.1. The fourth-order valence-electron chi connectivity index (χ4n) is 1.59. The summed E-state index contributed by atoms with van der Waals surface area (Å²) in [6.45, 7) is 2.04. The Morgan fingerprint density at radius 1 is 1.53 bits per heavy atom. The number of aromatic nitrogens is 1. The first kappa shape index (κ1) is 12.6. The van der Waals surface area contributed by atoms with Gasteiger partial charge in [0.2, 0.25) is 0 Å². The maximum Gasteiger partial charge on any atom is 0.292 e. The van der Waals surface area contributed by atoms with Crippen molar-refractivity contribution in [3.05, 3.63) is 51.4 Å². The van der Waals surface area contributed by atoms with Crippen molar-refractivity contribution in [3.8, 4) is 6.07 Å². The van der Waals surface area contributed by atoms with Crippen LogP contribution in [0.15, 0.2) is 28.8 Å². The normalized spacial score (nSPS) is 9.89.